The lowest BCUT2D eigenvalue weighted by molar-refractivity contribution is -0.384. The highest BCUT2D eigenvalue weighted by Crippen LogP contribution is 2.13. The summed E-state index contributed by atoms with van der Waals surface area (Å²) in [6.07, 6.45) is 4.18. The van der Waals surface area contributed by atoms with Crippen LogP contribution < -0.4 is 5.32 Å². The molecule has 1 aromatic heterocycles. The summed E-state index contributed by atoms with van der Waals surface area (Å²) < 4.78 is 0. The first kappa shape index (κ1) is 15.1. The number of hydrogen-bond donors (Lipinski definition) is 1. The third-order valence-electron chi connectivity index (χ3n) is 3.34. The summed E-state index contributed by atoms with van der Waals surface area (Å²) in [5, 5.41) is 14.0. The van der Waals surface area contributed by atoms with Crippen molar-refractivity contribution >= 4 is 5.69 Å². The molecule has 0 saturated heterocycles. The van der Waals surface area contributed by atoms with Crippen LogP contribution >= 0.6 is 0 Å². The molecule has 0 spiro atoms. The minimum Gasteiger partial charge on any atom is -0.308 e. The third kappa shape index (κ3) is 4.06. The van der Waals surface area contributed by atoms with Crippen LogP contribution in [0, 0.1) is 17.0 Å². The fourth-order valence-electron chi connectivity index (χ4n) is 2.16. The van der Waals surface area contributed by atoms with Gasteiger partial charge in [0.05, 0.1) is 16.3 Å². The number of benzene rings is 1. The molecule has 110 valence electrons. The van der Waals surface area contributed by atoms with Crippen molar-refractivity contribution < 1.29 is 4.92 Å². The van der Waals surface area contributed by atoms with Crippen molar-refractivity contribution in [1.29, 1.82) is 0 Å². The predicted octanol–water partition coefficient (Wildman–Crippen LogP) is 2.59. The fourth-order valence-corrected chi connectivity index (χ4v) is 2.16. The molecule has 0 aliphatic carbocycles. The van der Waals surface area contributed by atoms with Crippen molar-refractivity contribution in [1.82, 2.24) is 15.3 Å². The molecule has 0 aliphatic rings. The molecule has 21 heavy (non-hydrogen) atoms. The largest absolute Gasteiger partial charge is 0.308 e. The molecule has 0 bridgehead atoms. The van der Waals surface area contributed by atoms with Crippen molar-refractivity contribution in [3.63, 3.8) is 0 Å². The smallest absolute Gasteiger partial charge is 0.269 e. The first-order valence-electron chi connectivity index (χ1n) is 6.82. The molecule has 6 nitrogen and oxygen atoms in total. The Morgan fingerprint density at radius 3 is 2.52 bits per heavy atom. The van der Waals surface area contributed by atoms with Crippen molar-refractivity contribution in [2.45, 2.75) is 26.3 Å². The average Bonchev–Trinajstić information content (AvgIpc) is 2.48. The maximum atomic E-state index is 10.6. The van der Waals surface area contributed by atoms with Crippen LogP contribution in [0.2, 0.25) is 0 Å². The number of nitrogens with zero attached hydrogens (tertiary/aromatic N) is 3. The van der Waals surface area contributed by atoms with Gasteiger partial charge in [-0.05, 0) is 32.4 Å². The van der Waals surface area contributed by atoms with E-state index in [2.05, 4.69) is 15.3 Å². The van der Waals surface area contributed by atoms with E-state index in [1.165, 1.54) is 12.1 Å². The number of nitro groups is 1. The quantitative estimate of drug-likeness (QED) is 0.652. The van der Waals surface area contributed by atoms with Gasteiger partial charge in [0, 0.05) is 30.6 Å². The molecule has 6 heteroatoms. The van der Waals surface area contributed by atoms with Crippen LogP contribution in [-0.4, -0.2) is 21.4 Å². The lowest BCUT2D eigenvalue weighted by atomic mass is 10.1. The fraction of sp³-hybridized carbons (Fsp3) is 0.333. The number of rotatable bonds is 6. The number of nitrogens with one attached hydrogen (secondary N) is 1. The second-order valence-corrected chi connectivity index (χ2v) is 4.88. The van der Waals surface area contributed by atoms with Gasteiger partial charge in [-0.1, -0.05) is 12.1 Å². The van der Waals surface area contributed by atoms with Crippen molar-refractivity contribution in [3.8, 4) is 0 Å². The van der Waals surface area contributed by atoms with Gasteiger partial charge >= 0.3 is 0 Å². The van der Waals surface area contributed by atoms with E-state index in [0.717, 1.165) is 29.9 Å². The Hall–Kier alpha value is -2.34. The highest BCUT2D eigenvalue weighted by atomic mass is 16.6. The molecular weight excluding hydrogens is 268 g/mol. The van der Waals surface area contributed by atoms with E-state index in [0.29, 0.717) is 0 Å². The van der Waals surface area contributed by atoms with Crippen LogP contribution in [0.5, 0.6) is 0 Å². The Morgan fingerprint density at radius 1 is 1.24 bits per heavy atom. The monoisotopic (exact) mass is 286 g/mol. The van der Waals surface area contributed by atoms with Crippen LogP contribution in [0.25, 0.3) is 0 Å². The number of hydrogen-bond acceptors (Lipinski definition) is 5. The first-order valence-corrected chi connectivity index (χ1v) is 6.82. The molecule has 2 aromatic rings. The minimum absolute atomic E-state index is 0.121. The van der Waals surface area contributed by atoms with Crippen LogP contribution in [0.4, 0.5) is 5.69 Å². The van der Waals surface area contributed by atoms with E-state index in [9.17, 15) is 10.1 Å². The summed E-state index contributed by atoms with van der Waals surface area (Å²) in [7, 11) is 0. The highest BCUT2D eigenvalue weighted by Gasteiger charge is 2.09. The molecule has 0 fully saturated rings. The average molecular weight is 286 g/mol. The van der Waals surface area contributed by atoms with E-state index in [-0.39, 0.29) is 16.7 Å². The second kappa shape index (κ2) is 6.90. The standard InChI is InChI=1S/C15H18N4O2/c1-11(15-12(2)17-9-10-18-15)16-8-7-13-3-5-14(6-4-13)19(20)21/h3-6,9-11,16H,7-8H2,1-2H3. The van der Waals surface area contributed by atoms with Crippen molar-refractivity contribution in [3.05, 3.63) is 63.7 Å². The van der Waals surface area contributed by atoms with E-state index in [1.807, 2.05) is 13.8 Å². The van der Waals surface area contributed by atoms with E-state index < -0.39 is 0 Å². The van der Waals surface area contributed by atoms with Crippen LogP contribution in [0.1, 0.15) is 29.9 Å². The molecule has 2 rings (SSSR count). The number of aromatic nitrogens is 2. The molecule has 0 aliphatic heterocycles. The summed E-state index contributed by atoms with van der Waals surface area (Å²) in [6.45, 7) is 4.76. The van der Waals surface area contributed by atoms with Gasteiger partial charge in [-0.15, -0.1) is 0 Å². The summed E-state index contributed by atoms with van der Waals surface area (Å²) in [4.78, 5) is 18.8. The summed E-state index contributed by atoms with van der Waals surface area (Å²) >= 11 is 0. The Bertz CT molecular complexity index is 613. The zero-order valence-corrected chi connectivity index (χ0v) is 12.1. The van der Waals surface area contributed by atoms with Gasteiger partial charge in [-0.2, -0.15) is 0 Å². The van der Waals surface area contributed by atoms with Gasteiger partial charge in [-0.3, -0.25) is 20.1 Å². The molecular formula is C15H18N4O2. The predicted molar refractivity (Wildman–Crippen MR) is 80.0 cm³/mol. The zero-order chi connectivity index (χ0) is 15.2. The Kier molecular flexibility index (Phi) is 4.94. The second-order valence-electron chi connectivity index (χ2n) is 4.88. The highest BCUT2D eigenvalue weighted by molar-refractivity contribution is 5.32. The maximum Gasteiger partial charge on any atom is 0.269 e. The lowest BCUT2D eigenvalue weighted by Crippen LogP contribution is -2.23. The van der Waals surface area contributed by atoms with Crippen LogP contribution in [0.3, 0.4) is 0 Å². The molecule has 1 heterocycles. The molecule has 1 atom stereocenters. The van der Waals surface area contributed by atoms with Crippen molar-refractivity contribution in [2.24, 2.45) is 0 Å². The van der Waals surface area contributed by atoms with Crippen molar-refractivity contribution in [2.75, 3.05) is 6.54 Å². The molecule has 1 aromatic carbocycles. The molecule has 1 unspecified atom stereocenters. The van der Waals surface area contributed by atoms with Gasteiger partial charge in [0.1, 0.15) is 0 Å². The van der Waals surface area contributed by atoms with E-state index in [1.54, 1.807) is 24.5 Å². The molecule has 0 saturated carbocycles. The van der Waals surface area contributed by atoms with E-state index in [4.69, 9.17) is 0 Å². The first-order chi connectivity index (χ1) is 10.1. The number of nitro benzene ring substituents is 1. The normalized spacial score (nSPS) is 12.1. The summed E-state index contributed by atoms with van der Waals surface area (Å²) in [5.74, 6) is 0. The van der Waals surface area contributed by atoms with E-state index >= 15 is 0 Å². The Balaban J connectivity index is 1.86. The topological polar surface area (TPSA) is 81.0 Å². The van der Waals surface area contributed by atoms with Gasteiger partial charge < -0.3 is 5.32 Å². The summed E-state index contributed by atoms with van der Waals surface area (Å²) in [5.41, 5.74) is 3.06. The maximum absolute atomic E-state index is 10.6. The van der Waals surface area contributed by atoms with Crippen LogP contribution in [-0.2, 0) is 6.42 Å². The Morgan fingerprint density at radius 2 is 1.90 bits per heavy atom. The molecule has 0 amide bonds. The van der Waals surface area contributed by atoms with Gasteiger partial charge in [-0.25, -0.2) is 0 Å². The molecule has 1 N–H and O–H groups in total. The zero-order valence-electron chi connectivity index (χ0n) is 12.1. The van der Waals surface area contributed by atoms with Gasteiger partial charge in [0.15, 0.2) is 0 Å². The molecule has 0 radical (unpaired) electrons. The van der Waals surface area contributed by atoms with Gasteiger partial charge in [0.2, 0.25) is 0 Å². The summed E-state index contributed by atoms with van der Waals surface area (Å²) in [6, 6.07) is 6.77. The number of aryl methyl sites for hydroxylation is 1. The SMILES string of the molecule is Cc1nccnc1C(C)NCCc1ccc([N+](=O)[O-])cc1. The lowest BCUT2D eigenvalue weighted by Gasteiger charge is -2.14. The van der Waals surface area contributed by atoms with Gasteiger partial charge in [0.25, 0.3) is 5.69 Å². The Labute approximate surface area is 123 Å². The third-order valence-corrected chi connectivity index (χ3v) is 3.34. The van der Waals surface area contributed by atoms with Crippen LogP contribution in [0.15, 0.2) is 36.7 Å². The minimum atomic E-state index is -0.388. The number of non-ortho nitro benzene ring substituents is 1.